The van der Waals surface area contributed by atoms with E-state index in [2.05, 4.69) is 0 Å². The maximum Gasteiger partial charge on any atom is 0.295 e. The number of nitrogens with zero attached hydrogens (tertiary/aromatic N) is 1. The summed E-state index contributed by atoms with van der Waals surface area (Å²) in [5.41, 5.74) is 2.22. The van der Waals surface area contributed by atoms with Gasteiger partial charge in [0.1, 0.15) is 18.1 Å². The minimum atomic E-state index is -0.776. The third kappa shape index (κ3) is 4.97. The molecule has 1 heterocycles. The highest BCUT2D eigenvalue weighted by molar-refractivity contribution is 6.46. The number of rotatable bonds is 8. The average Bonchev–Trinajstić information content (AvgIpc) is 3.20. The van der Waals surface area contributed by atoms with Gasteiger partial charge in [-0.05, 0) is 40.1 Å². The standard InChI is InChI=1S/C31H27NO5/c1-36-17-16-32-28(24-12-7-13-26(19-24)37-20-21-8-3-2-4-9-21)27(30(34)31(32)35)29(33)25-15-14-22-10-5-6-11-23(22)18-25/h2-15,18-19,28,33H,16-17,20H2,1H3/b29-27-. The first-order valence-corrected chi connectivity index (χ1v) is 12.1. The van der Waals surface area contributed by atoms with Crippen LogP contribution in [0.1, 0.15) is 22.7 Å². The Morgan fingerprint density at radius 2 is 1.62 bits per heavy atom. The first kappa shape index (κ1) is 24.3. The van der Waals surface area contributed by atoms with Crippen LogP contribution in [0.3, 0.4) is 0 Å². The smallest absolute Gasteiger partial charge is 0.295 e. The van der Waals surface area contributed by atoms with Gasteiger partial charge in [0, 0.05) is 19.2 Å². The van der Waals surface area contributed by atoms with E-state index >= 15 is 0 Å². The van der Waals surface area contributed by atoms with E-state index in [0.29, 0.717) is 23.5 Å². The first-order chi connectivity index (χ1) is 18.1. The van der Waals surface area contributed by atoms with Gasteiger partial charge in [-0.15, -0.1) is 0 Å². The van der Waals surface area contributed by atoms with Gasteiger partial charge in [0.15, 0.2) is 0 Å². The van der Waals surface area contributed by atoms with Crippen LogP contribution in [0.25, 0.3) is 16.5 Å². The number of methoxy groups -OCH3 is 1. The molecule has 0 saturated carbocycles. The normalized spacial score (nSPS) is 16.9. The van der Waals surface area contributed by atoms with Gasteiger partial charge in [0.25, 0.3) is 11.7 Å². The second-order valence-electron chi connectivity index (χ2n) is 8.89. The molecular formula is C31H27NO5. The molecule has 0 radical (unpaired) electrons. The molecule has 0 spiro atoms. The van der Waals surface area contributed by atoms with Crippen LogP contribution in [0.5, 0.6) is 5.75 Å². The molecule has 1 fully saturated rings. The molecule has 0 bridgehead atoms. The SMILES string of the molecule is COCCN1C(=O)C(=O)/C(=C(\O)c2ccc3ccccc3c2)C1c1cccc(OCc2ccccc2)c1. The van der Waals surface area contributed by atoms with Crippen LogP contribution in [0, 0.1) is 0 Å². The number of carbonyl (C=O) groups excluding carboxylic acids is 2. The molecule has 0 aromatic heterocycles. The lowest BCUT2D eigenvalue weighted by atomic mass is 9.94. The third-order valence-corrected chi connectivity index (χ3v) is 6.52. The van der Waals surface area contributed by atoms with Crippen molar-refractivity contribution in [1.29, 1.82) is 0 Å². The lowest BCUT2D eigenvalue weighted by Gasteiger charge is -2.25. The third-order valence-electron chi connectivity index (χ3n) is 6.52. The second kappa shape index (κ2) is 10.7. The predicted octanol–water partition coefficient (Wildman–Crippen LogP) is 5.49. The van der Waals surface area contributed by atoms with Crippen molar-refractivity contribution in [3.05, 3.63) is 119 Å². The van der Waals surface area contributed by atoms with Crippen LogP contribution in [0.4, 0.5) is 0 Å². The van der Waals surface area contributed by atoms with E-state index in [0.717, 1.165) is 16.3 Å². The topological polar surface area (TPSA) is 76.1 Å². The Kier molecular flexibility index (Phi) is 7.01. The van der Waals surface area contributed by atoms with Crippen molar-refractivity contribution in [2.75, 3.05) is 20.3 Å². The largest absolute Gasteiger partial charge is 0.507 e. The summed E-state index contributed by atoms with van der Waals surface area (Å²) in [7, 11) is 1.54. The molecule has 1 aliphatic rings. The van der Waals surface area contributed by atoms with E-state index < -0.39 is 17.7 Å². The van der Waals surface area contributed by atoms with Crippen LogP contribution in [-0.2, 0) is 20.9 Å². The fourth-order valence-corrected chi connectivity index (χ4v) is 4.65. The van der Waals surface area contributed by atoms with Crippen molar-refractivity contribution in [2.24, 2.45) is 0 Å². The lowest BCUT2D eigenvalue weighted by molar-refractivity contribution is -0.140. The summed E-state index contributed by atoms with van der Waals surface area (Å²) in [6, 6.07) is 29.6. The summed E-state index contributed by atoms with van der Waals surface area (Å²) in [6.45, 7) is 0.838. The van der Waals surface area contributed by atoms with E-state index in [9.17, 15) is 14.7 Å². The number of hydrogen-bond acceptors (Lipinski definition) is 5. The molecule has 1 N–H and O–H groups in total. The summed E-state index contributed by atoms with van der Waals surface area (Å²) in [6.07, 6.45) is 0. The molecule has 1 atom stereocenters. The minimum Gasteiger partial charge on any atom is -0.507 e. The highest BCUT2D eigenvalue weighted by atomic mass is 16.5. The fourth-order valence-electron chi connectivity index (χ4n) is 4.65. The van der Waals surface area contributed by atoms with Crippen LogP contribution >= 0.6 is 0 Å². The molecular weight excluding hydrogens is 466 g/mol. The Morgan fingerprint density at radius 1 is 0.865 bits per heavy atom. The zero-order chi connectivity index (χ0) is 25.8. The Morgan fingerprint density at radius 3 is 2.41 bits per heavy atom. The number of carbonyl (C=O) groups is 2. The molecule has 4 aromatic carbocycles. The number of benzene rings is 4. The quantitative estimate of drug-likeness (QED) is 0.200. The monoisotopic (exact) mass is 493 g/mol. The molecule has 4 aromatic rings. The predicted molar refractivity (Wildman–Crippen MR) is 142 cm³/mol. The van der Waals surface area contributed by atoms with E-state index in [1.165, 1.54) is 4.90 Å². The number of aliphatic hydroxyl groups excluding tert-OH is 1. The van der Waals surface area contributed by atoms with Crippen molar-refractivity contribution in [3.8, 4) is 5.75 Å². The molecule has 186 valence electrons. The number of ether oxygens (including phenoxy) is 2. The number of fused-ring (bicyclic) bond motifs is 1. The van der Waals surface area contributed by atoms with E-state index in [1.807, 2.05) is 91.0 Å². The van der Waals surface area contributed by atoms with Crippen LogP contribution in [-0.4, -0.2) is 42.0 Å². The van der Waals surface area contributed by atoms with Gasteiger partial charge < -0.3 is 19.5 Å². The summed E-state index contributed by atoms with van der Waals surface area (Å²) < 4.78 is 11.2. The molecule has 5 rings (SSSR count). The molecule has 0 aliphatic carbocycles. The van der Waals surface area contributed by atoms with Crippen molar-refractivity contribution in [1.82, 2.24) is 4.90 Å². The van der Waals surface area contributed by atoms with Crippen molar-refractivity contribution in [3.63, 3.8) is 0 Å². The number of amides is 1. The summed E-state index contributed by atoms with van der Waals surface area (Å²) in [4.78, 5) is 27.8. The highest BCUT2D eigenvalue weighted by Gasteiger charge is 2.46. The Hall–Kier alpha value is -4.42. The van der Waals surface area contributed by atoms with E-state index in [-0.39, 0.29) is 24.5 Å². The second-order valence-corrected chi connectivity index (χ2v) is 8.89. The summed E-state index contributed by atoms with van der Waals surface area (Å²) >= 11 is 0. The van der Waals surface area contributed by atoms with Gasteiger partial charge in [-0.25, -0.2) is 0 Å². The maximum atomic E-state index is 13.3. The van der Waals surface area contributed by atoms with Gasteiger partial charge in [0.2, 0.25) is 0 Å². The van der Waals surface area contributed by atoms with Crippen LogP contribution in [0.2, 0.25) is 0 Å². The number of Topliss-reactive ketones (excluding diaryl/α,β-unsaturated/α-hetero) is 1. The zero-order valence-corrected chi connectivity index (χ0v) is 20.5. The Bertz CT molecular complexity index is 1480. The molecule has 1 amide bonds. The highest BCUT2D eigenvalue weighted by Crippen LogP contribution is 2.40. The van der Waals surface area contributed by atoms with Crippen molar-refractivity contribution >= 4 is 28.2 Å². The molecule has 1 aliphatic heterocycles. The van der Waals surface area contributed by atoms with Crippen LogP contribution < -0.4 is 4.74 Å². The van der Waals surface area contributed by atoms with E-state index in [1.54, 1.807) is 13.2 Å². The molecule has 1 unspecified atom stereocenters. The minimum absolute atomic E-state index is 0.0524. The number of hydrogen-bond donors (Lipinski definition) is 1. The number of aliphatic hydroxyl groups is 1. The lowest BCUT2D eigenvalue weighted by Crippen LogP contribution is -2.32. The molecule has 1 saturated heterocycles. The first-order valence-electron chi connectivity index (χ1n) is 12.1. The van der Waals surface area contributed by atoms with Gasteiger partial charge in [-0.3, -0.25) is 9.59 Å². The fraction of sp³-hybridized carbons (Fsp3) is 0.161. The van der Waals surface area contributed by atoms with Crippen molar-refractivity contribution < 1.29 is 24.2 Å². The maximum absolute atomic E-state index is 13.3. The van der Waals surface area contributed by atoms with Gasteiger partial charge in [-0.1, -0.05) is 78.9 Å². The van der Waals surface area contributed by atoms with Gasteiger partial charge in [-0.2, -0.15) is 0 Å². The number of likely N-dealkylation sites (tertiary alicyclic amines) is 1. The van der Waals surface area contributed by atoms with Crippen LogP contribution in [0.15, 0.2) is 103 Å². The molecule has 37 heavy (non-hydrogen) atoms. The Labute approximate surface area is 215 Å². The van der Waals surface area contributed by atoms with Gasteiger partial charge >= 0.3 is 0 Å². The van der Waals surface area contributed by atoms with Gasteiger partial charge in [0.05, 0.1) is 18.2 Å². The average molecular weight is 494 g/mol. The molecule has 6 nitrogen and oxygen atoms in total. The zero-order valence-electron chi connectivity index (χ0n) is 20.5. The van der Waals surface area contributed by atoms with Crippen molar-refractivity contribution in [2.45, 2.75) is 12.6 Å². The molecule has 6 heteroatoms. The summed E-state index contributed by atoms with van der Waals surface area (Å²) in [5, 5.41) is 13.3. The Balaban J connectivity index is 1.55. The van der Waals surface area contributed by atoms with E-state index in [4.69, 9.17) is 9.47 Å². The summed E-state index contributed by atoms with van der Waals surface area (Å²) in [5.74, 6) is -0.989. The number of ketones is 1.